The van der Waals surface area contributed by atoms with Gasteiger partial charge in [-0.25, -0.2) is 18.6 Å². The Hall–Kier alpha value is -4.07. The molecule has 0 amide bonds. The Morgan fingerprint density at radius 1 is 1.09 bits per heavy atom. The number of pyridine rings is 1. The SMILES string of the molecule is Cc1cc([C@@H](C)Nc2ccccc2C(=O)O)c2oc(-c3cccc(C(F)F)n3)cc(=O)c2c1. The average Bonchev–Trinajstić information content (AvgIpc) is 2.79. The number of alkyl halides is 2. The number of aryl methyl sites for hydroxylation is 1. The molecule has 168 valence electrons. The van der Waals surface area contributed by atoms with E-state index in [1.54, 1.807) is 24.3 Å². The molecule has 0 unspecified atom stereocenters. The van der Waals surface area contributed by atoms with Gasteiger partial charge < -0.3 is 14.8 Å². The van der Waals surface area contributed by atoms with Crippen molar-refractivity contribution in [2.45, 2.75) is 26.3 Å². The molecule has 0 aliphatic heterocycles. The first-order valence-corrected chi connectivity index (χ1v) is 10.2. The predicted octanol–water partition coefficient (Wildman–Crippen LogP) is 5.97. The highest BCUT2D eigenvalue weighted by Crippen LogP contribution is 2.31. The van der Waals surface area contributed by atoms with Crippen LogP contribution in [0.4, 0.5) is 14.5 Å². The number of benzene rings is 2. The number of nitrogens with zero attached hydrogens (tertiary/aromatic N) is 1. The van der Waals surface area contributed by atoms with Gasteiger partial charge in [0.15, 0.2) is 11.2 Å². The Bertz CT molecular complexity index is 1420. The van der Waals surface area contributed by atoms with Crippen molar-refractivity contribution in [2.75, 3.05) is 5.32 Å². The van der Waals surface area contributed by atoms with Crippen LogP contribution >= 0.6 is 0 Å². The standard InChI is InChI=1S/C25H20F2N2O4/c1-13-10-16(14(2)28-18-7-4-3-6-15(18)25(31)32)23-17(11-13)21(30)12-22(33-23)19-8-5-9-20(29-19)24(26)27/h3-12,14,24,28H,1-2H3,(H,31,32)/t14-/m1/s1. The Labute approximate surface area is 187 Å². The average molecular weight is 450 g/mol. The molecular formula is C25H20F2N2O4. The van der Waals surface area contributed by atoms with Crippen molar-refractivity contribution in [1.29, 1.82) is 0 Å². The number of para-hydroxylation sites is 1. The topological polar surface area (TPSA) is 92.4 Å². The van der Waals surface area contributed by atoms with Crippen molar-refractivity contribution < 1.29 is 23.1 Å². The zero-order valence-electron chi connectivity index (χ0n) is 17.8. The lowest BCUT2D eigenvalue weighted by Crippen LogP contribution is -2.12. The number of hydrogen-bond acceptors (Lipinski definition) is 5. The monoisotopic (exact) mass is 450 g/mol. The largest absolute Gasteiger partial charge is 0.478 e. The lowest BCUT2D eigenvalue weighted by Gasteiger charge is -2.19. The van der Waals surface area contributed by atoms with Gasteiger partial charge in [0.25, 0.3) is 6.43 Å². The predicted molar refractivity (Wildman–Crippen MR) is 121 cm³/mol. The summed E-state index contributed by atoms with van der Waals surface area (Å²) < 4.78 is 32.2. The first kappa shape index (κ1) is 22.1. The van der Waals surface area contributed by atoms with Gasteiger partial charge in [0, 0.05) is 17.3 Å². The molecule has 1 atom stereocenters. The smallest absolute Gasteiger partial charge is 0.337 e. The lowest BCUT2D eigenvalue weighted by atomic mass is 10.0. The van der Waals surface area contributed by atoms with Gasteiger partial charge in [-0.3, -0.25) is 4.79 Å². The maximum absolute atomic E-state index is 13.1. The number of aromatic nitrogens is 1. The van der Waals surface area contributed by atoms with Gasteiger partial charge in [-0.05, 0) is 49.7 Å². The maximum atomic E-state index is 13.1. The van der Waals surface area contributed by atoms with Gasteiger partial charge >= 0.3 is 5.97 Å². The normalized spacial score (nSPS) is 12.2. The van der Waals surface area contributed by atoms with E-state index in [4.69, 9.17) is 4.42 Å². The molecule has 2 heterocycles. The van der Waals surface area contributed by atoms with Crippen LogP contribution in [-0.2, 0) is 0 Å². The zero-order valence-corrected chi connectivity index (χ0v) is 17.8. The molecule has 6 nitrogen and oxygen atoms in total. The summed E-state index contributed by atoms with van der Waals surface area (Å²) in [6.07, 6.45) is -2.76. The van der Waals surface area contributed by atoms with E-state index in [0.717, 1.165) is 5.56 Å². The number of anilines is 1. The summed E-state index contributed by atoms with van der Waals surface area (Å²) in [5.41, 5.74) is 1.60. The van der Waals surface area contributed by atoms with Crippen LogP contribution in [0.1, 0.15) is 46.6 Å². The van der Waals surface area contributed by atoms with Crippen LogP contribution in [0.5, 0.6) is 0 Å². The van der Waals surface area contributed by atoms with Crippen LogP contribution in [0, 0.1) is 6.92 Å². The molecule has 0 saturated carbocycles. The van der Waals surface area contributed by atoms with Gasteiger partial charge in [-0.2, -0.15) is 0 Å². The fourth-order valence-electron chi connectivity index (χ4n) is 3.70. The van der Waals surface area contributed by atoms with E-state index in [9.17, 15) is 23.5 Å². The van der Waals surface area contributed by atoms with Gasteiger partial charge in [-0.15, -0.1) is 0 Å². The molecule has 0 fully saturated rings. The summed E-state index contributed by atoms with van der Waals surface area (Å²) in [7, 11) is 0. The molecule has 0 radical (unpaired) electrons. The zero-order chi connectivity index (χ0) is 23.7. The van der Waals surface area contributed by atoms with Gasteiger partial charge in [0.2, 0.25) is 0 Å². The summed E-state index contributed by atoms with van der Waals surface area (Å²) in [6, 6.07) is 14.9. The minimum Gasteiger partial charge on any atom is -0.478 e. The molecule has 0 aliphatic rings. The number of carboxylic acid groups (broad SMARTS) is 1. The van der Waals surface area contributed by atoms with E-state index in [-0.39, 0.29) is 28.0 Å². The van der Waals surface area contributed by atoms with Gasteiger partial charge in [-0.1, -0.05) is 24.3 Å². The highest BCUT2D eigenvalue weighted by atomic mass is 19.3. The number of aromatic carboxylic acids is 1. The molecule has 8 heteroatoms. The highest BCUT2D eigenvalue weighted by Gasteiger charge is 2.19. The maximum Gasteiger partial charge on any atom is 0.337 e. The van der Waals surface area contributed by atoms with Crippen LogP contribution < -0.4 is 10.7 Å². The molecule has 0 spiro atoms. The second-order valence-corrected chi connectivity index (χ2v) is 7.67. The van der Waals surface area contributed by atoms with Crippen LogP contribution in [-0.4, -0.2) is 16.1 Å². The molecule has 0 saturated heterocycles. The fraction of sp³-hybridized carbons (Fsp3) is 0.160. The molecule has 0 bridgehead atoms. The molecule has 4 aromatic rings. The van der Waals surface area contributed by atoms with E-state index in [2.05, 4.69) is 10.3 Å². The summed E-state index contributed by atoms with van der Waals surface area (Å²) in [6.45, 7) is 3.65. The van der Waals surface area contributed by atoms with Crippen molar-refractivity contribution in [3.8, 4) is 11.5 Å². The third kappa shape index (κ3) is 4.45. The summed E-state index contributed by atoms with van der Waals surface area (Å²) in [5, 5.41) is 13.0. The number of nitrogens with one attached hydrogen (secondary N) is 1. The van der Waals surface area contributed by atoms with Crippen LogP contribution in [0.3, 0.4) is 0 Å². The summed E-state index contributed by atoms with van der Waals surface area (Å²) in [4.78, 5) is 28.4. The highest BCUT2D eigenvalue weighted by molar-refractivity contribution is 5.94. The number of fused-ring (bicyclic) bond motifs is 1. The Morgan fingerprint density at radius 2 is 1.85 bits per heavy atom. The Balaban J connectivity index is 1.84. The van der Waals surface area contributed by atoms with Crippen molar-refractivity contribution in [2.24, 2.45) is 0 Å². The quantitative estimate of drug-likeness (QED) is 0.376. The van der Waals surface area contributed by atoms with E-state index < -0.39 is 24.1 Å². The van der Waals surface area contributed by atoms with Crippen molar-refractivity contribution in [3.05, 3.63) is 93.3 Å². The van der Waals surface area contributed by atoms with Crippen molar-refractivity contribution in [3.63, 3.8) is 0 Å². The summed E-state index contributed by atoms with van der Waals surface area (Å²) >= 11 is 0. The third-order valence-corrected chi connectivity index (χ3v) is 5.24. The van der Waals surface area contributed by atoms with E-state index in [1.165, 1.54) is 30.3 Å². The van der Waals surface area contributed by atoms with E-state index in [1.807, 2.05) is 19.9 Å². The number of hydrogen-bond donors (Lipinski definition) is 2. The van der Waals surface area contributed by atoms with Gasteiger partial charge in [0.05, 0.1) is 17.0 Å². The number of rotatable bonds is 6. The lowest BCUT2D eigenvalue weighted by molar-refractivity contribution is 0.0698. The van der Waals surface area contributed by atoms with E-state index >= 15 is 0 Å². The molecule has 4 rings (SSSR count). The molecule has 33 heavy (non-hydrogen) atoms. The van der Waals surface area contributed by atoms with Crippen LogP contribution in [0.25, 0.3) is 22.4 Å². The Morgan fingerprint density at radius 3 is 2.58 bits per heavy atom. The van der Waals surface area contributed by atoms with Crippen LogP contribution in [0.15, 0.2) is 69.9 Å². The van der Waals surface area contributed by atoms with E-state index in [0.29, 0.717) is 16.6 Å². The third-order valence-electron chi connectivity index (χ3n) is 5.24. The molecule has 2 aromatic heterocycles. The second kappa shape index (κ2) is 8.82. The van der Waals surface area contributed by atoms with Crippen molar-refractivity contribution >= 4 is 22.6 Å². The van der Waals surface area contributed by atoms with Gasteiger partial charge in [0.1, 0.15) is 17.0 Å². The minimum atomic E-state index is -2.76. The number of carboxylic acids is 1. The first-order chi connectivity index (χ1) is 15.7. The molecule has 2 N–H and O–H groups in total. The minimum absolute atomic E-state index is 0.0678. The first-order valence-electron chi connectivity index (χ1n) is 10.2. The van der Waals surface area contributed by atoms with Crippen molar-refractivity contribution in [1.82, 2.24) is 4.98 Å². The molecule has 2 aromatic carbocycles. The fourth-order valence-corrected chi connectivity index (χ4v) is 3.70. The summed E-state index contributed by atoms with van der Waals surface area (Å²) in [5.74, 6) is -1.00. The molecule has 0 aliphatic carbocycles. The number of carbonyl (C=O) groups is 1. The Kier molecular flexibility index (Phi) is 5.91. The molecular weight excluding hydrogens is 430 g/mol. The number of halogens is 2. The second-order valence-electron chi connectivity index (χ2n) is 7.67. The van der Waals surface area contributed by atoms with Crippen LogP contribution in [0.2, 0.25) is 0 Å².